The summed E-state index contributed by atoms with van der Waals surface area (Å²) in [6.45, 7) is 0.694. The Balaban J connectivity index is 1.52. The van der Waals surface area contributed by atoms with Gasteiger partial charge < -0.3 is 14.7 Å². The fourth-order valence-electron chi connectivity index (χ4n) is 4.99. The van der Waals surface area contributed by atoms with Crippen LogP contribution in [0, 0.1) is 5.82 Å². The van der Waals surface area contributed by atoms with Crippen LogP contribution >= 0.6 is 0 Å². The molecule has 4 rings (SSSR count). The van der Waals surface area contributed by atoms with Gasteiger partial charge in [0.2, 0.25) is 0 Å². The number of carbonyl (C=O) groups is 1. The molecule has 2 aliphatic carbocycles. The molecular formula is C26H29F4NO3. The van der Waals surface area contributed by atoms with E-state index >= 15 is 0 Å². The number of benzene rings is 2. The number of alkyl halides is 3. The summed E-state index contributed by atoms with van der Waals surface area (Å²) in [6.07, 6.45) is -0.695. The first-order valence-electron chi connectivity index (χ1n) is 11.5. The van der Waals surface area contributed by atoms with Gasteiger partial charge in [0.1, 0.15) is 5.82 Å². The molecule has 0 saturated heterocycles. The van der Waals surface area contributed by atoms with E-state index in [1.807, 2.05) is 4.90 Å². The number of aliphatic hydroxyl groups is 1. The fraction of sp³-hybridized carbons (Fsp3) is 0.500. The number of carbonyl (C=O) groups excluding carboxylic acids is 1. The summed E-state index contributed by atoms with van der Waals surface area (Å²) < 4.78 is 59.7. The molecule has 0 radical (unpaired) electrons. The zero-order valence-electron chi connectivity index (χ0n) is 19.2. The van der Waals surface area contributed by atoms with E-state index < -0.39 is 17.4 Å². The zero-order chi connectivity index (χ0) is 24.7. The summed E-state index contributed by atoms with van der Waals surface area (Å²) in [5.74, 6) is -0.547. The van der Waals surface area contributed by atoms with E-state index in [9.17, 15) is 27.5 Å². The maximum absolute atomic E-state index is 14.5. The molecule has 1 amide bonds. The molecule has 184 valence electrons. The van der Waals surface area contributed by atoms with Crippen molar-refractivity contribution in [1.29, 1.82) is 0 Å². The number of nitrogens with zero attached hydrogens (tertiary/aromatic N) is 1. The fourth-order valence-corrected chi connectivity index (χ4v) is 4.99. The van der Waals surface area contributed by atoms with Gasteiger partial charge in [-0.3, -0.25) is 4.79 Å². The highest BCUT2D eigenvalue weighted by Crippen LogP contribution is 2.45. The third-order valence-corrected chi connectivity index (χ3v) is 7.33. The van der Waals surface area contributed by atoms with Gasteiger partial charge in [-0.25, -0.2) is 4.39 Å². The van der Waals surface area contributed by atoms with Crippen molar-refractivity contribution in [2.24, 2.45) is 0 Å². The highest BCUT2D eigenvalue weighted by Gasteiger charge is 2.51. The highest BCUT2D eigenvalue weighted by atomic mass is 19.4. The first-order valence-corrected chi connectivity index (χ1v) is 11.5. The van der Waals surface area contributed by atoms with E-state index in [2.05, 4.69) is 0 Å². The van der Waals surface area contributed by atoms with Crippen LogP contribution in [0.2, 0.25) is 0 Å². The molecule has 34 heavy (non-hydrogen) atoms. The molecule has 2 aliphatic rings. The second-order valence-electron chi connectivity index (χ2n) is 9.50. The lowest BCUT2D eigenvalue weighted by Crippen LogP contribution is -2.47. The van der Waals surface area contributed by atoms with Crippen LogP contribution in [0.5, 0.6) is 0 Å². The van der Waals surface area contributed by atoms with Crippen LogP contribution in [0.1, 0.15) is 66.9 Å². The molecule has 0 aliphatic heterocycles. The Bertz CT molecular complexity index is 1020. The van der Waals surface area contributed by atoms with Gasteiger partial charge in [0.25, 0.3) is 5.91 Å². The second kappa shape index (κ2) is 8.96. The molecule has 0 aromatic heterocycles. The lowest BCUT2D eigenvalue weighted by Gasteiger charge is -2.43. The Kier molecular flexibility index (Phi) is 6.50. The van der Waals surface area contributed by atoms with Crippen molar-refractivity contribution in [1.82, 2.24) is 4.90 Å². The molecular weight excluding hydrogens is 450 g/mol. The minimum absolute atomic E-state index is 0.0620. The normalized spacial score (nSPS) is 25.0. The van der Waals surface area contributed by atoms with Crippen LogP contribution in [0.15, 0.2) is 48.5 Å². The molecule has 2 fully saturated rings. The summed E-state index contributed by atoms with van der Waals surface area (Å²) in [7, 11) is 1.58. The topological polar surface area (TPSA) is 49.8 Å². The summed E-state index contributed by atoms with van der Waals surface area (Å²) >= 11 is 0. The second-order valence-corrected chi connectivity index (χ2v) is 9.50. The van der Waals surface area contributed by atoms with Crippen molar-refractivity contribution >= 4 is 5.91 Å². The number of amides is 1. The third kappa shape index (κ3) is 4.45. The molecule has 2 saturated carbocycles. The lowest BCUT2D eigenvalue weighted by atomic mass is 9.76. The standard InChI is InChI=1S/C26H29F4NO3/c1-24(33,26(28,29)30)18-9-7-17(8-10-18)23(32)31(19-11-12-19)20-13-15-25(34-2,16-14-20)21-5-3-4-6-22(21)27/h3-10,19-20,33H,11-16H2,1-2H3/t20-,24-,25-/m0/s1. The van der Waals surface area contributed by atoms with Crippen molar-refractivity contribution < 1.29 is 32.2 Å². The molecule has 0 spiro atoms. The van der Waals surface area contributed by atoms with Gasteiger partial charge in [-0.2, -0.15) is 13.2 Å². The van der Waals surface area contributed by atoms with Crippen LogP contribution in [0.4, 0.5) is 17.6 Å². The minimum Gasteiger partial charge on any atom is -0.376 e. The molecule has 1 atom stereocenters. The quantitative estimate of drug-likeness (QED) is 0.542. The number of ether oxygens (including phenoxy) is 1. The number of hydrogen-bond donors (Lipinski definition) is 1. The molecule has 8 heteroatoms. The largest absolute Gasteiger partial charge is 0.421 e. The molecule has 2 aromatic rings. The number of rotatable bonds is 6. The lowest BCUT2D eigenvalue weighted by molar-refractivity contribution is -0.258. The van der Waals surface area contributed by atoms with Crippen LogP contribution in [0.25, 0.3) is 0 Å². The Labute approximate surface area is 196 Å². The average molecular weight is 480 g/mol. The van der Waals surface area contributed by atoms with Crippen molar-refractivity contribution in [2.45, 2.75) is 74.9 Å². The molecule has 0 bridgehead atoms. The maximum Gasteiger partial charge on any atom is 0.421 e. The number of halogens is 4. The predicted octanol–water partition coefficient (Wildman–Crippen LogP) is 5.68. The van der Waals surface area contributed by atoms with Crippen molar-refractivity contribution in [3.05, 3.63) is 71.0 Å². The summed E-state index contributed by atoms with van der Waals surface area (Å²) in [5.41, 5.74) is -3.25. The predicted molar refractivity (Wildman–Crippen MR) is 119 cm³/mol. The van der Waals surface area contributed by atoms with Crippen LogP contribution in [-0.2, 0) is 15.9 Å². The smallest absolute Gasteiger partial charge is 0.376 e. The third-order valence-electron chi connectivity index (χ3n) is 7.33. The zero-order valence-corrected chi connectivity index (χ0v) is 19.2. The number of hydrogen-bond acceptors (Lipinski definition) is 3. The van der Waals surface area contributed by atoms with Gasteiger partial charge in [0.05, 0.1) is 5.60 Å². The monoisotopic (exact) mass is 479 g/mol. The van der Waals surface area contributed by atoms with Crippen LogP contribution in [0.3, 0.4) is 0 Å². The van der Waals surface area contributed by atoms with Crippen LogP contribution in [-0.4, -0.2) is 41.3 Å². The van der Waals surface area contributed by atoms with Gasteiger partial charge in [-0.1, -0.05) is 30.3 Å². The van der Waals surface area contributed by atoms with E-state index in [0.717, 1.165) is 25.0 Å². The van der Waals surface area contributed by atoms with Gasteiger partial charge in [-0.15, -0.1) is 0 Å². The first-order chi connectivity index (χ1) is 16.0. The van der Waals surface area contributed by atoms with E-state index in [1.54, 1.807) is 25.3 Å². The Morgan fingerprint density at radius 2 is 1.56 bits per heavy atom. The average Bonchev–Trinajstić information content (AvgIpc) is 3.64. The van der Waals surface area contributed by atoms with E-state index in [0.29, 0.717) is 38.2 Å². The summed E-state index contributed by atoms with van der Waals surface area (Å²) in [6, 6.07) is 11.6. The number of methoxy groups -OCH3 is 1. The Morgan fingerprint density at radius 1 is 1.00 bits per heavy atom. The molecule has 2 aromatic carbocycles. The first kappa shape index (κ1) is 24.7. The molecule has 0 heterocycles. The highest BCUT2D eigenvalue weighted by molar-refractivity contribution is 5.95. The van der Waals surface area contributed by atoms with Gasteiger partial charge in [0, 0.05) is 30.3 Å². The van der Waals surface area contributed by atoms with Gasteiger partial charge >= 0.3 is 6.18 Å². The van der Waals surface area contributed by atoms with E-state index in [1.165, 1.54) is 18.2 Å². The SMILES string of the molecule is CO[C@]1(c2ccccc2F)CC[C@@H](N(C(=O)c2ccc([C@](C)(O)C(F)(F)F)cc2)C2CC2)CC1. The Hall–Kier alpha value is -2.45. The van der Waals surface area contributed by atoms with E-state index in [-0.39, 0.29) is 34.9 Å². The van der Waals surface area contributed by atoms with Crippen molar-refractivity contribution in [3.8, 4) is 0 Å². The van der Waals surface area contributed by atoms with Crippen molar-refractivity contribution in [3.63, 3.8) is 0 Å². The van der Waals surface area contributed by atoms with Crippen LogP contribution < -0.4 is 0 Å². The molecule has 4 nitrogen and oxygen atoms in total. The minimum atomic E-state index is -4.83. The molecule has 1 N–H and O–H groups in total. The van der Waals surface area contributed by atoms with Gasteiger partial charge in [-0.05, 0) is 69.2 Å². The van der Waals surface area contributed by atoms with Gasteiger partial charge in [0.15, 0.2) is 5.60 Å². The van der Waals surface area contributed by atoms with E-state index in [4.69, 9.17) is 4.74 Å². The molecule has 0 unspecified atom stereocenters. The maximum atomic E-state index is 14.5. The summed E-state index contributed by atoms with van der Waals surface area (Å²) in [4.78, 5) is 15.2. The van der Waals surface area contributed by atoms with Crippen molar-refractivity contribution in [2.75, 3.05) is 7.11 Å². The Morgan fingerprint density at radius 3 is 2.06 bits per heavy atom. The summed E-state index contributed by atoms with van der Waals surface area (Å²) in [5, 5.41) is 9.89.